The van der Waals surface area contributed by atoms with Crippen LogP contribution in [0.3, 0.4) is 0 Å². The molecule has 6 nitrogen and oxygen atoms in total. The van der Waals surface area contributed by atoms with Gasteiger partial charge in [-0.2, -0.15) is 0 Å². The summed E-state index contributed by atoms with van der Waals surface area (Å²) in [5.74, 6) is -0.975. The molecule has 138 valence electrons. The molecule has 0 aliphatic heterocycles. The Labute approximate surface area is 149 Å². The number of esters is 1. The van der Waals surface area contributed by atoms with Crippen molar-refractivity contribution in [2.24, 2.45) is 5.41 Å². The van der Waals surface area contributed by atoms with Crippen LogP contribution in [0.1, 0.15) is 46.1 Å². The Bertz CT molecular complexity index is 608. The van der Waals surface area contributed by atoms with E-state index in [2.05, 4.69) is 10.6 Å². The Kier molecular flexibility index (Phi) is 7.15. The molecule has 0 saturated carbocycles. The monoisotopic (exact) mass is 348 g/mol. The lowest BCUT2D eigenvalue weighted by Gasteiger charge is -2.31. The van der Waals surface area contributed by atoms with Crippen molar-refractivity contribution in [1.29, 1.82) is 0 Å². The third-order valence-electron chi connectivity index (χ3n) is 4.00. The van der Waals surface area contributed by atoms with Crippen molar-refractivity contribution in [1.82, 2.24) is 10.6 Å². The zero-order valence-electron chi connectivity index (χ0n) is 15.6. The summed E-state index contributed by atoms with van der Waals surface area (Å²) in [6.45, 7) is 7.43. The average molecular weight is 348 g/mol. The van der Waals surface area contributed by atoms with E-state index in [4.69, 9.17) is 4.74 Å². The molecule has 2 N–H and O–H groups in total. The molecule has 0 saturated heterocycles. The highest BCUT2D eigenvalue weighted by Gasteiger charge is 2.41. The molecule has 0 aliphatic carbocycles. The molecule has 2 amide bonds. The quantitative estimate of drug-likeness (QED) is 0.739. The van der Waals surface area contributed by atoms with Gasteiger partial charge in [0.15, 0.2) is 5.54 Å². The molecule has 0 unspecified atom stereocenters. The second-order valence-electron chi connectivity index (χ2n) is 6.92. The summed E-state index contributed by atoms with van der Waals surface area (Å²) >= 11 is 0. The highest BCUT2D eigenvalue weighted by Crippen LogP contribution is 2.26. The number of carbonyl (C=O) groups is 3. The van der Waals surface area contributed by atoms with Gasteiger partial charge in [0.1, 0.15) is 0 Å². The minimum Gasteiger partial charge on any atom is -0.467 e. The minimum absolute atomic E-state index is 0.0768. The fourth-order valence-electron chi connectivity index (χ4n) is 2.43. The Morgan fingerprint density at radius 3 is 2.16 bits per heavy atom. The van der Waals surface area contributed by atoms with Crippen molar-refractivity contribution in [3.63, 3.8) is 0 Å². The minimum atomic E-state index is -1.23. The van der Waals surface area contributed by atoms with Crippen LogP contribution >= 0.6 is 0 Å². The van der Waals surface area contributed by atoms with Crippen LogP contribution in [-0.2, 0) is 24.7 Å². The Morgan fingerprint density at radius 2 is 1.68 bits per heavy atom. The number of ether oxygens (including phenoxy) is 1. The van der Waals surface area contributed by atoms with Crippen LogP contribution in [0.4, 0.5) is 0 Å². The predicted molar refractivity (Wildman–Crippen MR) is 95.7 cm³/mol. The van der Waals surface area contributed by atoms with Crippen molar-refractivity contribution < 1.29 is 19.1 Å². The largest absolute Gasteiger partial charge is 0.467 e. The zero-order chi connectivity index (χ0) is 19.1. The maximum atomic E-state index is 12.4. The summed E-state index contributed by atoms with van der Waals surface area (Å²) in [5.41, 5.74) is -1.09. The lowest BCUT2D eigenvalue weighted by molar-refractivity contribution is -0.152. The van der Waals surface area contributed by atoms with E-state index in [9.17, 15) is 14.4 Å². The van der Waals surface area contributed by atoms with Crippen molar-refractivity contribution in [3.05, 3.63) is 35.9 Å². The first-order valence-electron chi connectivity index (χ1n) is 8.40. The van der Waals surface area contributed by atoms with Crippen LogP contribution in [0.5, 0.6) is 0 Å². The van der Waals surface area contributed by atoms with Crippen LogP contribution in [0.2, 0.25) is 0 Å². The van der Waals surface area contributed by atoms with Gasteiger partial charge in [0.25, 0.3) is 0 Å². The van der Waals surface area contributed by atoms with E-state index >= 15 is 0 Å². The van der Waals surface area contributed by atoms with Crippen LogP contribution in [0.25, 0.3) is 0 Å². The smallest absolute Gasteiger partial charge is 0.336 e. The lowest BCUT2D eigenvalue weighted by atomic mass is 9.87. The fourth-order valence-corrected chi connectivity index (χ4v) is 2.43. The first kappa shape index (κ1) is 20.7. The number of amides is 2. The number of hydrogen-bond acceptors (Lipinski definition) is 4. The van der Waals surface area contributed by atoms with Crippen LogP contribution in [0.15, 0.2) is 30.3 Å². The van der Waals surface area contributed by atoms with E-state index in [-0.39, 0.29) is 24.8 Å². The van der Waals surface area contributed by atoms with Crippen LogP contribution in [0, 0.1) is 5.41 Å². The highest BCUT2D eigenvalue weighted by molar-refractivity contribution is 5.89. The van der Waals surface area contributed by atoms with Gasteiger partial charge in [-0.3, -0.25) is 9.59 Å². The number of carbonyl (C=O) groups excluding carboxylic acids is 3. The number of benzene rings is 1. The van der Waals surface area contributed by atoms with Gasteiger partial charge in [-0.25, -0.2) is 4.79 Å². The van der Waals surface area contributed by atoms with E-state index in [1.54, 1.807) is 45.0 Å². The third kappa shape index (κ3) is 5.31. The van der Waals surface area contributed by atoms with E-state index in [0.29, 0.717) is 12.0 Å². The van der Waals surface area contributed by atoms with Crippen LogP contribution < -0.4 is 10.6 Å². The summed E-state index contributed by atoms with van der Waals surface area (Å²) in [4.78, 5) is 36.6. The van der Waals surface area contributed by atoms with E-state index in [1.165, 1.54) is 7.11 Å². The van der Waals surface area contributed by atoms with E-state index in [0.717, 1.165) is 0 Å². The summed E-state index contributed by atoms with van der Waals surface area (Å²) in [6, 6.07) is 9.01. The Balaban J connectivity index is 2.84. The maximum absolute atomic E-state index is 12.4. The molecular weight excluding hydrogens is 320 g/mol. The molecule has 0 radical (unpaired) electrons. The number of nitrogens with one attached hydrogen (secondary N) is 2. The molecule has 0 bridgehead atoms. The van der Waals surface area contributed by atoms with Gasteiger partial charge in [0.2, 0.25) is 11.8 Å². The molecule has 25 heavy (non-hydrogen) atoms. The summed E-state index contributed by atoms with van der Waals surface area (Å²) in [5, 5.41) is 5.52. The fraction of sp³-hybridized carbons (Fsp3) is 0.526. The molecule has 0 aromatic heterocycles. The summed E-state index contributed by atoms with van der Waals surface area (Å²) in [6.07, 6.45) is 0.428. The number of rotatable bonds is 7. The first-order valence-corrected chi connectivity index (χ1v) is 8.40. The molecule has 1 atom stereocenters. The standard InChI is InChI=1S/C19H28N2O4/c1-6-19(17(24)25-5,14-10-8-7-9-11-14)21-15(22)12-13-20-16(23)18(2,3)4/h7-11H,6,12-13H2,1-5H3,(H,20,23)(H,21,22)/t19-/m0/s1. The number of methoxy groups -OCH3 is 1. The third-order valence-corrected chi connectivity index (χ3v) is 4.00. The molecule has 0 heterocycles. The SMILES string of the molecule is CC[C@@](NC(=O)CCNC(=O)C(C)(C)C)(C(=O)OC)c1ccccc1. The second kappa shape index (κ2) is 8.65. The van der Waals surface area contributed by atoms with Crippen molar-refractivity contribution in [2.75, 3.05) is 13.7 Å². The van der Waals surface area contributed by atoms with E-state index < -0.39 is 16.9 Å². The topological polar surface area (TPSA) is 84.5 Å². The molecule has 0 aliphatic rings. The molecular formula is C19H28N2O4. The highest BCUT2D eigenvalue weighted by atomic mass is 16.5. The molecule has 1 aromatic carbocycles. The van der Waals surface area contributed by atoms with Crippen LogP contribution in [-0.4, -0.2) is 31.4 Å². The van der Waals surface area contributed by atoms with Crippen molar-refractivity contribution in [2.45, 2.75) is 46.1 Å². The number of hydrogen-bond donors (Lipinski definition) is 2. The normalized spacial score (nSPS) is 13.5. The van der Waals surface area contributed by atoms with Gasteiger partial charge in [-0.15, -0.1) is 0 Å². The van der Waals surface area contributed by atoms with Gasteiger partial charge >= 0.3 is 5.97 Å². The summed E-state index contributed by atoms with van der Waals surface area (Å²) < 4.78 is 4.93. The van der Waals surface area contributed by atoms with Gasteiger partial charge in [0.05, 0.1) is 7.11 Å². The average Bonchev–Trinajstić information content (AvgIpc) is 2.58. The Morgan fingerprint density at radius 1 is 1.08 bits per heavy atom. The predicted octanol–water partition coefficient (Wildman–Crippen LogP) is 2.13. The van der Waals surface area contributed by atoms with Gasteiger partial charge in [-0.1, -0.05) is 58.0 Å². The van der Waals surface area contributed by atoms with E-state index in [1.807, 2.05) is 13.0 Å². The second-order valence-corrected chi connectivity index (χ2v) is 6.92. The van der Waals surface area contributed by atoms with Gasteiger partial charge < -0.3 is 15.4 Å². The lowest BCUT2D eigenvalue weighted by Crippen LogP contribution is -2.52. The van der Waals surface area contributed by atoms with Crippen molar-refractivity contribution >= 4 is 17.8 Å². The molecule has 1 rings (SSSR count). The summed E-state index contributed by atoms with van der Waals surface area (Å²) in [7, 11) is 1.30. The Hall–Kier alpha value is -2.37. The zero-order valence-corrected chi connectivity index (χ0v) is 15.6. The van der Waals surface area contributed by atoms with Crippen molar-refractivity contribution in [3.8, 4) is 0 Å². The molecule has 0 spiro atoms. The first-order chi connectivity index (χ1) is 11.7. The molecule has 6 heteroatoms. The van der Waals surface area contributed by atoms with Gasteiger partial charge in [0, 0.05) is 18.4 Å². The molecule has 0 fully saturated rings. The van der Waals surface area contributed by atoms with Gasteiger partial charge in [-0.05, 0) is 12.0 Å². The molecule has 1 aromatic rings. The maximum Gasteiger partial charge on any atom is 0.336 e.